The zero-order valence-corrected chi connectivity index (χ0v) is 13.3. The third-order valence-electron chi connectivity index (χ3n) is 4.72. The number of nitrogens with one attached hydrogen (secondary N) is 1. The number of carbonyl (C=O) groups excluding carboxylic acids is 2. The van der Waals surface area contributed by atoms with Crippen molar-refractivity contribution < 1.29 is 18.4 Å². The van der Waals surface area contributed by atoms with Gasteiger partial charge in [-0.3, -0.25) is 9.59 Å². The number of hydrogen-bond donors (Lipinski definition) is 1. The molecule has 6 heteroatoms. The molecule has 1 aliphatic carbocycles. The molecule has 2 amide bonds. The van der Waals surface area contributed by atoms with Crippen LogP contribution in [-0.2, 0) is 22.4 Å². The van der Waals surface area contributed by atoms with Crippen LogP contribution >= 0.6 is 0 Å². The molecule has 1 aliphatic heterocycles. The van der Waals surface area contributed by atoms with E-state index in [1.165, 1.54) is 11.1 Å². The predicted octanol–water partition coefficient (Wildman–Crippen LogP) is 2.08. The van der Waals surface area contributed by atoms with Gasteiger partial charge in [-0.2, -0.15) is 0 Å². The van der Waals surface area contributed by atoms with Gasteiger partial charge in [0.25, 0.3) is 5.92 Å². The molecule has 24 heavy (non-hydrogen) atoms. The van der Waals surface area contributed by atoms with E-state index in [9.17, 15) is 18.4 Å². The van der Waals surface area contributed by atoms with E-state index in [0.717, 1.165) is 23.8 Å². The number of nitrogens with zero attached hydrogens (tertiary/aromatic N) is 1. The van der Waals surface area contributed by atoms with E-state index in [2.05, 4.69) is 18.0 Å². The molecule has 0 bridgehead atoms. The molecule has 0 radical (unpaired) electrons. The van der Waals surface area contributed by atoms with Crippen molar-refractivity contribution in [3.05, 3.63) is 48.0 Å². The van der Waals surface area contributed by atoms with Crippen LogP contribution in [0.25, 0.3) is 0 Å². The summed E-state index contributed by atoms with van der Waals surface area (Å²) in [6.45, 7) is 2.59. The summed E-state index contributed by atoms with van der Waals surface area (Å²) < 4.78 is 27.3. The third-order valence-corrected chi connectivity index (χ3v) is 4.72. The second-order valence-corrected chi connectivity index (χ2v) is 6.46. The number of carbonyl (C=O) groups is 2. The number of amides is 2. The molecule has 0 aromatic heterocycles. The molecule has 128 valence electrons. The van der Waals surface area contributed by atoms with Gasteiger partial charge in [-0.15, -0.1) is 0 Å². The first-order chi connectivity index (χ1) is 11.4. The first-order valence-corrected chi connectivity index (χ1v) is 8.07. The van der Waals surface area contributed by atoms with Gasteiger partial charge in [0.2, 0.25) is 11.8 Å². The van der Waals surface area contributed by atoms with Gasteiger partial charge in [-0.1, -0.05) is 30.8 Å². The number of aryl methyl sites for hydroxylation is 1. The summed E-state index contributed by atoms with van der Waals surface area (Å²) in [5.41, 5.74) is 2.43. The van der Waals surface area contributed by atoms with E-state index in [4.69, 9.17) is 0 Å². The standard InChI is InChI=1S/C18H20F2N2O2/c1-2-16(23)22-11-18(19,20)10-15(22)17(24)21-14-8-7-12-5-3-4-6-13(12)9-14/h2-6,14-15H,1,7-11H2,(H,21,24)/t14?,15-/m0/s1. The highest BCUT2D eigenvalue weighted by Gasteiger charge is 2.49. The van der Waals surface area contributed by atoms with Crippen LogP contribution in [0.1, 0.15) is 24.0 Å². The van der Waals surface area contributed by atoms with Crippen molar-refractivity contribution in [2.45, 2.75) is 43.7 Å². The second kappa shape index (κ2) is 6.34. The lowest BCUT2D eigenvalue weighted by atomic mass is 9.88. The Morgan fingerprint density at radius 3 is 2.71 bits per heavy atom. The molecule has 1 saturated heterocycles. The molecular formula is C18H20F2N2O2. The summed E-state index contributed by atoms with van der Waals surface area (Å²) >= 11 is 0. The lowest BCUT2D eigenvalue weighted by molar-refractivity contribution is -0.135. The monoisotopic (exact) mass is 334 g/mol. The minimum Gasteiger partial charge on any atom is -0.351 e. The fraction of sp³-hybridized carbons (Fsp3) is 0.444. The Balaban J connectivity index is 1.68. The van der Waals surface area contributed by atoms with Gasteiger partial charge in [0.1, 0.15) is 6.04 Å². The van der Waals surface area contributed by atoms with E-state index in [1.54, 1.807) is 0 Å². The SMILES string of the molecule is C=CC(=O)N1CC(F)(F)C[C@H]1C(=O)NC1CCc2ccccc2C1. The Bertz CT molecular complexity index is 675. The molecule has 2 atom stereocenters. The first kappa shape index (κ1) is 16.6. The van der Waals surface area contributed by atoms with Gasteiger partial charge < -0.3 is 10.2 Å². The summed E-state index contributed by atoms with van der Waals surface area (Å²) in [6, 6.07) is 6.78. The Labute approximate surface area is 139 Å². The van der Waals surface area contributed by atoms with Crippen LogP contribution in [0.4, 0.5) is 8.78 Å². The maximum absolute atomic E-state index is 13.7. The zero-order chi connectivity index (χ0) is 17.3. The Hall–Kier alpha value is -2.24. The van der Waals surface area contributed by atoms with Crippen molar-refractivity contribution in [2.75, 3.05) is 6.54 Å². The highest BCUT2D eigenvalue weighted by Crippen LogP contribution is 2.32. The third kappa shape index (κ3) is 3.32. The van der Waals surface area contributed by atoms with Crippen LogP contribution in [-0.4, -0.2) is 41.3 Å². The highest BCUT2D eigenvalue weighted by molar-refractivity contribution is 5.93. The predicted molar refractivity (Wildman–Crippen MR) is 85.7 cm³/mol. The Morgan fingerprint density at radius 1 is 1.29 bits per heavy atom. The van der Waals surface area contributed by atoms with Crippen LogP contribution in [0.3, 0.4) is 0 Å². The van der Waals surface area contributed by atoms with Crippen LogP contribution in [0.2, 0.25) is 0 Å². The zero-order valence-electron chi connectivity index (χ0n) is 13.3. The molecular weight excluding hydrogens is 314 g/mol. The lowest BCUT2D eigenvalue weighted by Crippen LogP contribution is -2.49. The van der Waals surface area contributed by atoms with Crippen LogP contribution in [0.15, 0.2) is 36.9 Å². The van der Waals surface area contributed by atoms with Gasteiger partial charge in [0.15, 0.2) is 0 Å². The Morgan fingerprint density at radius 2 is 2.00 bits per heavy atom. The van der Waals surface area contributed by atoms with Crippen molar-refractivity contribution in [3.63, 3.8) is 0 Å². The van der Waals surface area contributed by atoms with E-state index < -0.39 is 36.7 Å². The van der Waals surface area contributed by atoms with Crippen LogP contribution < -0.4 is 5.32 Å². The number of rotatable bonds is 3. The van der Waals surface area contributed by atoms with Crippen molar-refractivity contribution >= 4 is 11.8 Å². The molecule has 4 nitrogen and oxygen atoms in total. The minimum absolute atomic E-state index is 0.0951. The van der Waals surface area contributed by atoms with Crippen LogP contribution in [0.5, 0.6) is 0 Å². The average Bonchev–Trinajstić information content (AvgIpc) is 2.90. The van der Waals surface area contributed by atoms with Crippen molar-refractivity contribution in [2.24, 2.45) is 0 Å². The van der Waals surface area contributed by atoms with Gasteiger partial charge in [0, 0.05) is 12.5 Å². The van der Waals surface area contributed by atoms with Gasteiger partial charge in [0.05, 0.1) is 6.54 Å². The number of likely N-dealkylation sites (tertiary alicyclic amines) is 1. The number of fused-ring (bicyclic) bond motifs is 1. The molecule has 1 unspecified atom stereocenters. The molecule has 1 heterocycles. The van der Waals surface area contributed by atoms with Crippen molar-refractivity contribution in [3.8, 4) is 0 Å². The number of benzene rings is 1. The molecule has 0 spiro atoms. The molecule has 1 aromatic carbocycles. The molecule has 0 saturated carbocycles. The summed E-state index contributed by atoms with van der Waals surface area (Å²) in [7, 11) is 0. The van der Waals surface area contributed by atoms with Gasteiger partial charge in [-0.05, 0) is 36.5 Å². The largest absolute Gasteiger partial charge is 0.351 e. The second-order valence-electron chi connectivity index (χ2n) is 6.46. The molecule has 1 fully saturated rings. The number of halogens is 2. The number of alkyl halides is 2. The van der Waals surface area contributed by atoms with E-state index in [0.29, 0.717) is 6.42 Å². The topological polar surface area (TPSA) is 49.4 Å². The molecule has 1 aromatic rings. The smallest absolute Gasteiger partial charge is 0.267 e. The molecule has 1 N–H and O–H groups in total. The summed E-state index contributed by atoms with van der Waals surface area (Å²) in [6.07, 6.45) is 2.62. The highest BCUT2D eigenvalue weighted by atomic mass is 19.3. The maximum Gasteiger partial charge on any atom is 0.267 e. The summed E-state index contributed by atoms with van der Waals surface area (Å²) in [5.74, 6) is -4.19. The van der Waals surface area contributed by atoms with E-state index in [-0.39, 0.29) is 6.04 Å². The van der Waals surface area contributed by atoms with Crippen molar-refractivity contribution in [1.29, 1.82) is 0 Å². The first-order valence-electron chi connectivity index (χ1n) is 8.07. The lowest BCUT2D eigenvalue weighted by Gasteiger charge is -2.28. The van der Waals surface area contributed by atoms with E-state index in [1.807, 2.05) is 18.2 Å². The fourth-order valence-electron chi connectivity index (χ4n) is 3.52. The normalized spacial score (nSPS) is 25.0. The molecule has 3 rings (SSSR count). The maximum atomic E-state index is 13.7. The quantitative estimate of drug-likeness (QED) is 0.861. The number of hydrogen-bond acceptors (Lipinski definition) is 2. The molecule has 2 aliphatic rings. The summed E-state index contributed by atoms with van der Waals surface area (Å²) in [5, 5.41) is 2.85. The fourth-order valence-corrected chi connectivity index (χ4v) is 3.52. The van der Waals surface area contributed by atoms with Gasteiger partial charge >= 0.3 is 0 Å². The van der Waals surface area contributed by atoms with Gasteiger partial charge in [-0.25, -0.2) is 8.78 Å². The van der Waals surface area contributed by atoms with Crippen molar-refractivity contribution in [1.82, 2.24) is 10.2 Å². The average molecular weight is 334 g/mol. The van der Waals surface area contributed by atoms with E-state index >= 15 is 0 Å². The summed E-state index contributed by atoms with van der Waals surface area (Å²) in [4.78, 5) is 25.2. The van der Waals surface area contributed by atoms with Crippen LogP contribution in [0, 0.1) is 0 Å². The Kier molecular flexibility index (Phi) is 4.39. The minimum atomic E-state index is -3.04.